The first-order valence-electron chi connectivity index (χ1n) is 9.86. The number of carbonyl (C=O) groups excluding carboxylic acids is 1. The largest absolute Gasteiger partial charge is 0.379 e. The van der Waals surface area contributed by atoms with Crippen LogP contribution in [0.5, 0.6) is 0 Å². The van der Waals surface area contributed by atoms with E-state index in [0.29, 0.717) is 5.92 Å². The van der Waals surface area contributed by atoms with Gasteiger partial charge in [0, 0.05) is 32.7 Å². The standard InChI is InChI=1S/C21H33N3O2/c1-17-4-6-19(7-5-17)20(22(2)3)21(25)24-10-8-18(9-11-24)16-23-12-14-26-15-13-23/h4-7,18,20H,8-16H2,1-3H3. The summed E-state index contributed by atoms with van der Waals surface area (Å²) in [6.45, 7) is 8.81. The fraction of sp³-hybridized carbons (Fsp3) is 0.667. The molecular weight excluding hydrogens is 326 g/mol. The summed E-state index contributed by atoms with van der Waals surface area (Å²) in [6.07, 6.45) is 2.22. The van der Waals surface area contributed by atoms with Crippen LogP contribution in [-0.2, 0) is 9.53 Å². The highest BCUT2D eigenvalue weighted by Crippen LogP contribution is 2.25. The van der Waals surface area contributed by atoms with E-state index >= 15 is 0 Å². The average Bonchev–Trinajstić information content (AvgIpc) is 2.64. The molecule has 2 fully saturated rings. The molecule has 144 valence electrons. The Bertz CT molecular complexity index is 573. The lowest BCUT2D eigenvalue weighted by Gasteiger charge is -2.38. The lowest BCUT2D eigenvalue weighted by atomic mass is 9.94. The number of ether oxygens (including phenoxy) is 1. The Morgan fingerprint density at radius 1 is 1.12 bits per heavy atom. The van der Waals surface area contributed by atoms with Crippen molar-refractivity contribution in [3.8, 4) is 0 Å². The van der Waals surface area contributed by atoms with Crippen LogP contribution < -0.4 is 0 Å². The number of hydrogen-bond donors (Lipinski definition) is 0. The van der Waals surface area contributed by atoms with Gasteiger partial charge in [-0.2, -0.15) is 0 Å². The number of morpholine rings is 1. The van der Waals surface area contributed by atoms with E-state index in [1.54, 1.807) is 0 Å². The van der Waals surface area contributed by atoms with Gasteiger partial charge < -0.3 is 9.64 Å². The van der Waals surface area contributed by atoms with Gasteiger partial charge in [-0.15, -0.1) is 0 Å². The Morgan fingerprint density at radius 3 is 2.31 bits per heavy atom. The topological polar surface area (TPSA) is 36.0 Å². The van der Waals surface area contributed by atoms with Gasteiger partial charge in [0.05, 0.1) is 13.2 Å². The molecule has 5 nitrogen and oxygen atoms in total. The van der Waals surface area contributed by atoms with Crippen LogP contribution in [0.3, 0.4) is 0 Å². The van der Waals surface area contributed by atoms with Crippen LogP contribution in [-0.4, -0.2) is 80.6 Å². The van der Waals surface area contributed by atoms with E-state index in [4.69, 9.17) is 4.74 Å². The van der Waals surface area contributed by atoms with Gasteiger partial charge in [0.25, 0.3) is 0 Å². The lowest BCUT2D eigenvalue weighted by Crippen LogP contribution is -2.47. The molecule has 0 radical (unpaired) electrons. The van der Waals surface area contributed by atoms with Crippen molar-refractivity contribution < 1.29 is 9.53 Å². The van der Waals surface area contributed by atoms with Gasteiger partial charge in [-0.3, -0.25) is 14.6 Å². The molecule has 0 bridgehead atoms. The molecule has 0 aliphatic carbocycles. The molecular formula is C21H33N3O2. The second kappa shape index (κ2) is 8.98. The highest BCUT2D eigenvalue weighted by molar-refractivity contribution is 5.83. The van der Waals surface area contributed by atoms with Crippen LogP contribution in [0, 0.1) is 12.8 Å². The van der Waals surface area contributed by atoms with Crippen LogP contribution in [0.4, 0.5) is 0 Å². The fourth-order valence-corrected chi connectivity index (χ4v) is 4.07. The minimum atomic E-state index is -0.189. The molecule has 2 heterocycles. The van der Waals surface area contributed by atoms with Gasteiger partial charge in [-0.05, 0) is 45.3 Å². The highest BCUT2D eigenvalue weighted by atomic mass is 16.5. The maximum atomic E-state index is 13.2. The normalized spacial score (nSPS) is 21.2. The predicted molar refractivity (Wildman–Crippen MR) is 104 cm³/mol. The van der Waals surface area contributed by atoms with Gasteiger partial charge in [0.15, 0.2) is 0 Å². The monoisotopic (exact) mass is 359 g/mol. The molecule has 5 heteroatoms. The molecule has 1 aromatic rings. The van der Waals surface area contributed by atoms with Gasteiger partial charge >= 0.3 is 0 Å². The number of likely N-dealkylation sites (tertiary alicyclic amines) is 1. The third-order valence-corrected chi connectivity index (χ3v) is 5.69. The quantitative estimate of drug-likeness (QED) is 0.807. The van der Waals surface area contributed by atoms with E-state index in [0.717, 1.165) is 64.3 Å². The van der Waals surface area contributed by atoms with Crippen LogP contribution in [0.2, 0.25) is 0 Å². The number of piperidine rings is 1. The SMILES string of the molecule is Cc1ccc(C(C(=O)N2CCC(CN3CCOCC3)CC2)N(C)C)cc1. The smallest absolute Gasteiger partial charge is 0.244 e. The first-order valence-corrected chi connectivity index (χ1v) is 9.86. The summed E-state index contributed by atoms with van der Waals surface area (Å²) in [5.74, 6) is 0.943. The Labute approximate surface area is 157 Å². The molecule has 2 saturated heterocycles. The maximum Gasteiger partial charge on any atom is 0.244 e. The molecule has 1 atom stereocenters. The van der Waals surface area contributed by atoms with E-state index in [-0.39, 0.29) is 11.9 Å². The van der Waals surface area contributed by atoms with Crippen LogP contribution in [0.15, 0.2) is 24.3 Å². The third-order valence-electron chi connectivity index (χ3n) is 5.69. The van der Waals surface area contributed by atoms with Gasteiger partial charge in [-0.25, -0.2) is 0 Å². The summed E-state index contributed by atoms with van der Waals surface area (Å²) in [5.41, 5.74) is 2.31. The minimum Gasteiger partial charge on any atom is -0.379 e. The average molecular weight is 360 g/mol. The van der Waals surface area contributed by atoms with E-state index in [2.05, 4.69) is 41.0 Å². The molecule has 3 rings (SSSR count). The number of nitrogens with zero attached hydrogens (tertiary/aromatic N) is 3. The molecule has 1 aromatic carbocycles. The Hall–Kier alpha value is -1.43. The molecule has 1 unspecified atom stereocenters. The van der Waals surface area contributed by atoms with Crippen molar-refractivity contribution >= 4 is 5.91 Å². The molecule has 26 heavy (non-hydrogen) atoms. The van der Waals surface area contributed by atoms with E-state index < -0.39 is 0 Å². The maximum absolute atomic E-state index is 13.2. The van der Waals surface area contributed by atoms with E-state index in [1.807, 2.05) is 19.0 Å². The fourth-order valence-electron chi connectivity index (χ4n) is 4.07. The molecule has 1 amide bonds. The predicted octanol–water partition coefficient (Wildman–Crippen LogP) is 2.17. The number of benzene rings is 1. The van der Waals surface area contributed by atoms with Crippen molar-refractivity contribution in [3.05, 3.63) is 35.4 Å². The second-order valence-corrected chi connectivity index (χ2v) is 7.96. The second-order valence-electron chi connectivity index (χ2n) is 7.96. The summed E-state index contributed by atoms with van der Waals surface area (Å²) in [7, 11) is 3.99. The number of amides is 1. The van der Waals surface area contributed by atoms with Crippen molar-refractivity contribution in [1.82, 2.24) is 14.7 Å². The van der Waals surface area contributed by atoms with Crippen molar-refractivity contribution in [1.29, 1.82) is 0 Å². The number of aryl methyl sites for hydroxylation is 1. The van der Waals surface area contributed by atoms with Crippen LogP contribution in [0.1, 0.15) is 30.0 Å². The summed E-state index contributed by atoms with van der Waals surface area (Å²) in [6, 6.07) is 8.17. The first kappa shape index (κ1) is 19.3. The molecule has 0 aromatic heterocycles. The van der Waals surface area contributed by atoms with Gasteiger partial charge in [-0.1, -0.05) is 29.8 Å². The zero-order valence-corrected chi connectivity index (χ0v) is 16.5. The number of rotatable bonds is 5. The van der Waals surface area contributed by atoms with Gasteiger partial charge in [0.1, 0.15) is 6.04 Å². The molecule has 2 aliphatic rings. The van der Waals surface area contributed by atoms with E-state index in [1.165, 1.54) is 5.56 Å². The lowest BCUT2D eigenvalue weighted by molar-refractivity contribution is -0.137. The number of hydrogen-bond acceptors (Lipinski definition) is 4. The molecule has 2 aliphatic heterocycles. The zero-order valence-electron chi connectivity index (χ0n) is 16.5. The van der Waals surface area contributed by atoms with Crippen molar-refractivity contribution in [2.24, 2.45) is 5.92 Å². The molecule has 0 saturated carbocycles. The summed E-state index contributed by atoms with van der Waals surface area (Å²) < 4.78 is 5.44. The summed E-state index contributed by atoms with van der Waals surface area (Å²) in [5, 5.41) is 0. The van der Waals surface area contributed by atoms with Crippen molar-refractivity contribution in [2.45, 2.75) is 25.8 Å². The Morgan fingerprint density at radius 2 is 1.73 bits per heavy atom. The highest BCUT2D eigenvalue weighted by Gasteiger charge is 2.31. The molecule has 0 N–H and O–H groups in total. The summed E-state index contributed by atoms with van der Waals surface area (Å²) >= 11 is 0. The van der Waals surface area contributed by atoms with Crippen molar-refractivity contribution in [2.75, 3.05) is 60.0 Å². The van der Waals surface area contributed by atoms with Crippen LogP contribution in [0.25, 0.3) is 0 Å². The van der Waals surface area contributed by atoms with Crippen molar-refractivity contribution in [3.63, 3.8) is 0 Å². The minimum absolute atomic E-state index is 0.189. The Balaban J connectivity index is 1.56. The molecule has 0 spiro atoms. The van der Waals surface area contributed by atoms with Gasteiger partial charge in [0.2, 0.25) is 5.91 Å². The number of likely N-dealkylation sites (N-methyl/N-ethyl adjacent to an activating group) is 1. The Kier molecular flexibility index (Phi) is 6.68. The summed E-state index contributed by atoms with van der Waals surface area (Å²) in [4.78, 5) is 19.8. The number of carbonyl (C=O) groups is 1. The van der Waals surface area contributed by atoms with E-state index in [9.17, 15) is 4.79 Å². The van der Waals surface area contributed by atoms with Crippen LogP contribution >= 0.6 is 0 Å². The first-order chi connectivity index (χ1) is 12.5. The zero-order chi connectivity index (χ0) is 18.5. The third kappa shape index (κ3) is 4.84.